The average Bonchev–Trinajstić information content (AvgIpc) is 2.69. The minimum Gasteiger partial charge on any atom is -0.341 e. The van der Waals surface area contributed by atoms with Gasteiger partial charge in [-0.05, 0) is 18.6 Å². The lowest BCUT2D eigenvalue weighted by atomic mass is 9.93. The molecule has 1 aromatic heterocycles. The van der Waals surface area contributed by atoms with Gasteiger partial charge in [0.1, 0.15) is 0 Å². The van der Waals surface area contributed by atoms with Crippen LogP contribution in [0.2, 0.25) is 0 Å². The molecule has 19 heavy (non-hydrogen) atoms. The summed E-state index contributed by atoms with van der Waals surface area (Å²) >= 11 is 0. The van der Waals surface area contributed by atoms with Crippen molar-refractivity contribution in [1.82, 2.24) is 9.88 Å². The summed E-state index contributed by atoms with van der Waals surface area (Å²) < 4.78 is 22.8. The standard InChI is InChI=1S/C13H16N2O3S/c16-13(10-4-6-19(17,18)9-10)15-7-11(8-15)12-3-1-2-5-14-12/h1-3,5,10-11H,4,6-9H2. The van der Waals surface area contributed by atoms with Gasteiger partial charge in [0.15, 0.2) is 9.84 Å². The quantitative estimate of drug-likeness (QED) is 0.788. The minimum absolute atomic E-state index is 0.00624. The largest absolute Gasteiger partial charge is 0.341 e. The van der Waals surface area contributed by atoms with E-state index >= 15 is 0 Å². The highest BCUT2D eigenvalue weighted by Gasteiger charge is 2.40. The van der Waals surface area contributed by atoms with E-state index in [4.69, 9.17) is 0 Å². The van der Waals surface area contributed by atoms with Gasteiger partial charge in [0, 0.05) is 30.9 Å². The molecule has 6 heteroatoms. The number of carbonyl (C=O) groups excluding carboxylic acids is 1. The van der Waals surface area contributed by atoms with Crippen LogP contribution in [0.25, 0.3) is 0 Å². The van der Waals surface area contributed by atoms with Crippen LogP contribution in [0.15, 0.2) is 24.4 Å². The van der Waals surface area contributed by atoms with Gasteiger partial charge >= 0.3 is 0 Å². The Hall–Kier alpha value is -1.43. The topological polar surface area (TPSA) is 67.3 Å². The molecule has 0 aromatic carbocycles. The number of likely N-dealkylation sites (tertiary alicyclic amines) is 1. The summed E-state index contributed by atoms with van der Waals surface area (Å²) in [7, 11) is -2.98. The maximum absolute atomic E-state index is 12.1. The first-order valence-electron chi connectivity index (χ1n) is 6.45. The van der Waals surface area contributed by atoms with E-state index in [0.29, 0.717) is 25.4 Å². The highest BCUT2D eigenvalue weighted by atomic mass is 32.2. The van der Waals surface area contributed by atoms with Crippen molar-refractivity contribution >= 4 is 15.7 Å². The summed E-state index contributed by atoms with van der Waals surface area (Å²) in [4.78, 5) is 18.2. The molecule has 0 radical (unpaired) electrons. The molecule has 2 saturated heterocycles. The van der Waals surface area contributed by atoms with Gasteiger partial charge in [0.05, 0.1) is 17.4 Å². The number of hydrogen-bond acceptors (Lipinski definition) is 4. The van der Waals surface area contributed by atoms with Crippen LogP contribution in [0.4, 0.5) is 0 Å². The maximum atomic E-state index is 12.1. The monoisotopic (exact) mass is 280 g/mol. The second-order valence-electron chi connectivity index (χ2n) is 5.29. The molecule has 0 N–H and O–H groups in total. The Morgan fingerprint density at radius 1 is 1.32 bits per heavy atom. The van der Waals surface area contributed by atoms with E-state index in [1.165, 1.54) is 0 Å². The van der Waals surface area contributed by atoms with E-state index in [-0.39, 0.29) is 23.3 Å². The van der Waals surface area contributed by atoms with E-state index in [1.807, 2.05) is 18.2 Å². The first kappa shape index (κ1) is 12.6. The molecule has 3 rings (SSSR count). The second kappa shape index (κ2) is 4.59. The molecule has 102 valence electrons. The molecule has 2 aliphatic heterocycles. The van der Waals surface area contributed by atoms with Gasteiger partial charge < -0.3 is 4.90 Å². The molecule has 2 aliphatic rings. The molecular formula is C13H16N2O3S. The molecule has 0 saturated carbocycles. The lowest BCUT2D eigenvalue weighted by Crippen LogP contribution is -2.51. The van der Waals surface area contributed by atoms with Crippen molar-refractivity contribution in [3.8, 4) is 0 Å². The summed E-state index contributed by atoms with van der Waals surface area (Å²) in [6.45, 7) is 1.32. The number of hydrogen-bond donors (Lipinski definition) is 0. The predicted octanol–water partition coefficient (Wildman–Crippen LogP) is 0.442. The Balaban J connectivity index is 1.58. The summed E-state index contributed by atoms with van der Waals surface area (Å²) in [5.41, 5.74) is 1.01. The lowest BCUT2D eigenvalue weighted by molar-refractivity contribution is -0.139. The zero-order chi connectivity index (χ0) is 13.5. The van der Waals surface area contributed by atoms with E-state index in [9.17, 15) is 13.2 Å². The van der Waals surface area contributed by atoms with Crippen molar-refractivity contribution in [1.29, 1.82) is 0 Å². The Labute approximate surface area is 112 Å². The van der Waals surface area contributed by atoms with Gasteiger partial charge in [-0.25, -0.2) is 8.42 Å². The van der Waals surface area contributed by atoms with Crippen LogP contribution >= 0.6 is 0 Å². The normalized spacial score (nSPS) is 26.1. The molecule has 1 aromatic rings. The molecule has 5 nitrogen and oxygen atoms in total. The fourth-order valence-electron chi connectivity index (χ4n) is 2.71. The van der Waals surface area contributed by atoms with Crippen LogP contribution in [0, 0.1) is 5.92 Å². The Kier molecular flexibility index (Phi) is 3.05. The Morgan fingerprint density at radius 2 is 2.11 bits per heavy atom. The molecule has 1 amide bonds. The molecule has 0 aliphatic carbocycles. The van der Waals surface area contributed by atoms with E-state index < -0.39 is 9.84 Å². The van der Waals surface area contributed by atoms with Crippen LogP contribution in [-0.2, 0) is 14.6 Å². The second-order valence-corrected chi connectivity index (χ2v) is 7.52. The van der Waals surface area contributed by atoms with Crippen molar-refractivity contribution < 1.29 is 13.2 Å². The number of sulfone groups is 1. The van der Waals surface area contributed by atoms with Gasteiger partial charge in [-0.15, -0.1) is 0 Å². The molecule has 2 fully saturated rings. The van der Waals surface area contributed by atoms with Gasteiger partial charge in [-0.3, -0.25) is 9.78 Å². The summed E-state index contributed by atoms with van der Waals surface area (Å²) in [6, 6.07) is 5.78. The van der Waals surface area contributed by atoms with Crippen LogP contribution in [0.5, 0.6) is 0 Å². The highest BCUT2D eigenvalue weighted by Crippen LogP contribution is 2.29. The van der Waals surface area contributed by atoms with Crippen LogP contribution in [-0.4, -0.2) is 48.8 Å². The summed E-state index contributed by atoms with van der Waals surface area (Å²) in [5, 5.41) is 0. The Bertz CT molecular complexity index is 579. The summed E-state index contributed by atoms with van der Waals surface area (Å²) in [5.74, 6) is 0.142. The van der Waals surface area contributed by atoms with Crippen molar-refractivity contribution in [2.75, 3.05) is 24.6 Å². The van der Waals surface area contributed by atoms with Crippen molar-refractivity contribution in [3.05, 3.63) is 30.1 Å². The van der Waals surface area contributed by atoms with Gasteiger partial charge in [0.2, 0.25) is 5.91 Å². The van der Waals surface area contributed by atoms with Crippen LogP contribution in [0.3, 0.4) is 0 Å². The van der Waals surface area contributed by atoms with Gasteiger partial charge in [-0.2, -0.15) is 0 Å². The minimum atomic E-state index is -2.98. The zero-order valence-electron chi connectivity index (χ0n) is 10.5. The molecule has 0 spiro atoms. The molecule has 0 bridgehead atoms. The fraction of sp³-hybridized carbons (Fsp3) is 0.538. The van der Waals surface area contributed by atoms with Crippen molar-refractivity contribution in [2.24, 2.45) is 5.92 Å². The highest BCUT2D eigenvalue weighted by molar-refractivity contribution is 7.91. The number of rotatable bonds is 2. The molecule has 3 heterocycles. The third kappa shape index (κ3) is 2.49. The lowest BCUT2D eigenvalue weighted by Gasteiger charge is -2.40. The van der Waals surface area contributed by atoms with Gasteiger partial charge in [-0.1, -0.05) is 6.07 Å². The number of carbonyl (C=O) groups is 1. The van der Waals surface area contributed by atoms with Crippen LogP contribution < -0.4 is 0 Å². The van der Waals surface area contributed by atoms with Crippen LogP contribution in [0.1, 0.15) is 18.0 Å². The van der Waals surface area contributed by atoms with E-state index in [2.05, 4.69) is 4.98 Å². The number of nitrogens with zero attached hydrogens (tertiary/aromatic N) is 2. The molecular weight excluding hydrogens is 264 g/mol. The zero-order valence-corrected chi connectivity index (χ0v) is 11.3. The fourth-order valence-corrected chi connectivity index (χ4v) is 4.44. The smallest absolute Gasteiger partial charge is 0.226 e. The first-order chi connectivity index (χ1) is 9.05. The number of pyridine rings is 1. The molecule has 1 atom stereocenters. The number of amides is 1. The third-order valence-electron chi connectivity index (χ3n) is 3.88. The van der Waals surface area contributed by atoms with Crippen molar-refractivity contribution in [2.45, 2.75) is 12.3 Å². The SMILES string of the molecule is O=C(C1CCS(=O)(=O)C1)N1CC(c2ccccn2)C1. The summed E-state index contributed by atoms with van der Waals surface area (Å²) in [6.07, 6.45) is 2.23. The first-order valence-corrected chi connectivity index (χ1v) is 8.27. The predicted molar refractivity (Wildman–Crippen MR) is 70.3 cm³/mol. The maximum Gasteiger partial charge on any atom is 0.226 e. The number of aromatic nitrogens is 1. The molecule has 1 unspecified atom stereocenters. The van der Waals surface area contributed by atoms with Crippen molar-refractivity contribution in [3.63, 3.8) is 0 Å². The van der Waals surface area contributed by atoms with E-state index in [0.717, 1.165) is 5.69 Å². The van der Waals surface area contributed by atoms with E-state index in [1.54, 1.807) is 11.1 Å². The third-order valence-corrected chi connectivity index (χ3v) is 5.65. The van der Waals surface area contributed by atoms with Gasteiger partial charge in [0.25, 0.3) is 0 Å². The average molecular weight is 280 g/mol. The Morgan fingerprint density at radius 3 is 2.68 bits per heavy atom.